The third-order valence-electron chi connectivity index (χ3n) is 2.08. The highest BCUT2D eigenvalue weighted by atomic mass is 35.5. The maximum atomic E-state index is 10.8. The number of ether oxygens (including phenoxy) is 1. The van der Waals surface area contributed by atoms with Gasteiger partial charge in [-0.25, -0.2) is 9.89 Å². The Bertz CT molecular complexity index is 562. The summed E-state index contributed by atoms with van der Waals surface area (Å²) in [5.74, 6) is 0.219. The summed E-state index contributed by atoms with van der Waals surface area (Å²) in [7, 11) is 0. The van der Waals surface area contributed by atoms with Gasteiger partial charge in [-0.2, -0.15) is 0 Å². The number of hydrogen-bond acceptors (Lipinski definition) is 4. The van der Waals surface area contributed by atoms with Crippen molar-refractivity contribution in [2.24, 2.45) is 0 Å². The SMILES string of the molecule is CCCOc1ccc(-c2n[nH]c(=O)o2)cc1Cl. The van der Waals surface area contributed by atoms with E-state index in [-0.39, 0.29) is 5.89 Å². The molecule has 0 aliphatic heterocycles. The van der Waals surface area contributed by atoms with Crippen LogP contribution in [0.4, 0.5) is 0 Å². The van der Waals surface area contributed by atoms with Crippen LogP contribution >= 0.6 is 11.6 Å². The highest BCUT2D eigenvalue weighted by molar-refractivity contribution is 6.32. The molecular weight excluding hydrogens is 244 g/mol. The molecule has 1 aromatic carbocycles. The monoisotopic (exact) mass is 254 g/mol. The molecule has 90 valence electrons. The van der Waals surface area contributed by atoms with Crippen LogP contribution < -0.4 is 10.5 Å². The van der Waals surface area contributed by atoms with E-state index in [0.717, 1.165) is 6.42 Å². The van der Waals surface area contributed by atoms with Crippen molar-refractivity contribution < 1.29 is 9.15 Å². The van der Waals surface area contributed by atoms with Crippen LogP contribution in [0.3, 0.4) is 0 Å². The number of aromatic amines is 1. The van der Waals surface area contributed by atoms with Crippen LogP contribution in [0.15, 0.2) is 27.4 Å². The smallest absolute Gasteiger partial charge is 0.434 e. The van der Waals surface area contributed by atoms with E-state index in [1.807, 2.05) is 6.92 Å². The van der Waals surface area contributed by atoms with Gasteiger partial charge in [0.1, 0.15) is 5.75 Å². The Morgan fingerprint density at radius 1 is 1.53 bits per heavy atom. The van der Waals surface area contributed by atoms with Gasteiger partial charge < -0.3 is 9.15 Å². The molecule has 17 heavy (non-hydrogen) atoms. The second-order valence-electron chi connectivity index (χ2n) is 3.41. The zero-order valence-electron chi connectivity index (χ0n) is 9.20. The van der Waals surface area contributed by atoms with E-state index in [2.05, 4.69) is 10.2 Å². The fraction of sp³-hybridized carbons (Fsp3) is 0.273. The van der Waals surface area contributed by atoms with Gasteiger partial charge in [0, 0.05) is 5.56 Å². The van der Waals surface area contributed by atoms with Gasteiger partial charge in [0.2, 0.25) is 5.89 Å². The zero-order valence-corrected chi connectivity index (χ0v) is 9.95. The molecular formula is C11H11ClN2O3. The topological polar surface area (TPSA) is 68.1 Å². The lowest BCUT2D eigenvalue weighted by atomic mass is 10.2. The minimum absolute atomic E-state index is 0.207. The first-order chi connectivity index (χ1) is 8.20. The number of hydrogen-bond donors (Lipinski definition) is 1. The molecule has 0 aliphatic carbocycles. The van der Waals surface area contributed by atoms with Gasteiger partial charge in [-0.1, -0.05) is 18.5 Å². The standard InChI is InChI=1S/C11H11ClN2O3/c1-2-5-16-9-4-3-7(6-8(9)12)10-13-14-11(15)17-10/h3-4,6H,2,5H2,1H3,(H,14,15). The van der Waals surface area contributed by atoms with E-state index in [0.29, 0.717) is 22.9 Å². The summed E-state index contributed by atoms with van der Waals surface area (Å²) in [5, 5.41) is 6.36. The predicted molar refractivity (Wildman–Crippen MR) is 63.4 cm³/mol. The minimum Gasteiger partial charge on any atom is -0.492 e. The molecule has 6 heteroatoms. The number of rotatable bonds is 4. The Morgan fingerprint density at radius 3 is 2.94 bits per heavy atom. The second kappa shape index (κ2) is 5.05. The van der Waals surface area contributed by atoms with Crippen molar-refractivity contribution >= 4 is 11.6 Å². The molecule has 0 amide bonds. The fourth-order valence-electron chi connectivity index (χ4n) is 1.32. The summed E-state index contributed by atoms with van der Waals surface area (Å²) in [4.78, 5) is 10.8. The van der Waals surface area contributed by atoms with Gasteiger partial charge >= 0.3 is 5.76 Å². The maximum absolute atomic E-state index is 10.8. The number of halogens is 1. The van der Waals surface area contributed by atoms with Gasteiger partial charge in [0.15, 0.2) is 0 Å². The van der Waals surface area contributed by atoms with Crippen molar-refractivity contribution in [3.8, 4) is 17.2 Å². The minimum atomic E-state index is -0.595. The molecule has 1 heterocycles. The Balaban J connectivity index is 2.27. The van der Waals surface area contributed by atoms with Gasteiger partial charge in [-0.05, 0) is 24.6 Å². The first-order valence-corrected chi connectivity index (χ1v) is 5.56. The van der Waals surface area contributed by atoms with Crippen molar-refractivity contribution in [1.82, 2.24) is 10.2 Å². The van der Waals surface area contributed by atoms with E-state index in [4.69, 9.17) is 20.8 Å². The van der Waals surface area contributed by atoms with Crippen molar-refractivity contribution in [2.45, 2.75) is 13.3 Å². The third-order valence-corrected chi connectivity index (χ3v) is 2.37. The third kappa shape index (κ3) is 2.68. The number of H-pyrrole nitrogens is 1. The molecule has 0 saturated carbocycles. The van der Waals surface area contributed by atoms with Crippen LogP contribution in [-0.2, 0) is 0 Å². The lowest BCUT2D eigenvalue weighted by Crippen LogP contribution is -1.95. The number of benzene rings is 1. The van der Waals surface area contributed by atoms with Crippen LogP contribution in [-0.4, -0.2) is 16.8 Å². The average molecular weight is 255 g/mol. The Hall–Kier alpha value is -1.75. The Labute approximate surface area is 102 Å². The predicted octanol–water partition coefficient (Wildman–Crippen LogP) is 2.47. The quantitative estimate of drug-likeness (QED) is 0.910. The van der Waals surface area contributed by atoms with Crippen molar-refractivity contribution in [2.75, 3.05) is 6.61 Å². The van der Waals surface area contributed by atoms with E-state index >= 15 is 0 Å². The normalized spacial score (nSPS) is 10.5. The molecule has 0 bridgehead atoms. The summed E-state index contributed by atoms with van der Waals surface area (Å²) in [5.41, 5.74) is 0.622. The zero-order chi connectivity index (χ0) is 12.3. The van der Waals surface area contributed by atoms with Crippen molar-refractivity contribution in [3.63, 3.8) is 0 Å². The lowest BCUT2D eigenvalue weighted by Gasteiger charge is -2.06. The van der Waals surface area contributed by atoms with E-state index < -0.39 is 5.76 Å². The molecule has 0 unspecified atom stereocenters. The lowest BCUT2D eigenvalue weighted by molar-refractivity contribution is 0.317. The molecule has 0 aliphatic rings. The van der Waals surface area contributed by atoms with E-state index in [1.54, 1.807) is 18.2 Å². The Kier molecular flexibility index (Phi) is 3.49. The molecule has 0 spiro atoms. The average Bonchev–Trinajstić information content (AvgIpc) is 2.74. The summed E-state index contributed by atoms with van der Waals surface area (Å²) in [6.45, 7) is 2.62. The van der Waals surface area contributed by atoms with Gasteiger partial charge in [0.05, 0.1) is 11.6 Å². The van der Waals surface area contributed by atoms with Crippen LogP contribution in [0.25, 0.3) is 11.5 Å². The molecule has 1 N–H and O–H groups in total. The largest absolute Gasteiger partial charge is 0.492 e. The molecule has 1 aromatic heterocycles. The van der Waals surface area contributed by atoms with Crippen LogP contribution in [0.1, 0.15) is 13.3 Å². The number of aromatic nitrogens is 2. The molecule has 0 fully saturated rings. The van der Waals surface area contributed by atoms with E-state index in [1.165, 1.54) is 0 Å². The molecule has 0 saturated heterocycles. The first kappa shape index (κ1) is 11.7. The second-order valence-corrected chi connectivity index (χ2v) is 3.82. The summed E-state index contributed by atoms with van der Waals surface area (Å²) < 4.78 is 10.3. The molecule has 2 aromatic rings. The summed E-state index contributed by atoms with van der Waals surface area (Å²) in [6, 6.07) is 5.10. The fourth-order valence-corrected chi connectivity index (χ4v) is 1.55. The van der Waals surface area contributed by atoms with Crippen LogP contribution in [0, 0.1) is 0 Å². The van der Waals surface area contributed by atoms with Crippen molar-refractivity contribution in [1.29, 1.82) is 0 Å². The van der Waals surface area contributed by atoms with Crippen LogP contribution in [0.2, 0.25) is 5.02 Å². The van der Waals surface area contributed by atoms with E-state index in [9.17, 15) is 4.79 Å². The number of nitrogens with one attached hydrogen (secondary N) is 1. The highest BCUT2D eigenvalue weighted by Crippen LogP contribution is 2.29. The van der Waals surface area contributed by atoms with Crippen molar-refractivity contribution in [3.05, 3.63) is 33.8 Å². The van der Waals surface area contributed by atoms with Gasteiger partial charge in [0.25, 0.3) is 0 Å². The molecule has 2 rings (SSSR count). The van der Waals surface area contributed by atoms with Gasteiger partial charge in [-0.15, -0.1) is 5.10 Å². The summed E-state index contributed by atoms with van der Waals surface area (Å²) in [6.07, 6.45) is 0.909. The summed E-state index contributed by atoms with van der Waals surface area (Å²) >= 11 is 6.04. The molecule has 0 atom stereocenters. The first-order valence-electron chi connectivity index (χ1n) is 5.19. The number of nitrogens with zero attached hydrogens (tertiary/aromatic N) is 1. The maximum Gasteiger partial charge on any atom is 0.434 e. The molecule has 5 nitrogen and oxygen atoms in total. The van der Waals surface area contributed by atoms with Crippen LogP contribution in [0.5, 0.6) is 5.75 Å². The Morgan fingerprint density at radius 2 is 2.35 bits per heavy atom. The van der Waals surface area contributed by atoms with Gasteiger partial charge in [-0.3, -0.25) is 0 Å². The molecule has 0 radical (unpaired) electrons. The highest BCUT2D eigenvalue weighted by Gasteiger charge is 2.08.